The molecule has 9 heteroatoms. The smallest absolute Gasteiger partial charge is 0.335 e. The number of amides is 1. The van der Waals surface area contributed by atoms with Crippen LogP contribution in [0.4, 0.5) is 5.69 Å². The van der Waals surface area contributed by atoms with Crippen LogP contribution >= 0.6 is 23.4 Å². The van der Waals surface area contributed by atoms with E-state index in [2.05, 4.69) is 16.7 Å². The van der Waals surface area contributed by atoms with Gasteiger partial charge in [0, 0.05) is 22.0 Å². The molecule has 0 aliphatic carbocycles. The highest BCUT2D eigenvalue weighted by molar-refractivity contribution is 8.03. The van der Waals surface area contributed by atoms with Gasteiger partial charge in [-0.1, -0.05) is 35.5 Å². The predicted molar refractivity (Wildman–Crippen MR) is 128 cm³/mol. The predicted octanol–water partition coefficient (Wildman–Crippen LogP) is 4.70. The largest absolute Gasteiger partial charge is 0.478 e. The van der Waals surface area contributed by atoms with Crippen LogP contribution in [0, 0.1) is 11.3 Å². The topological polar surface area (TPSA) is 119 Å². The number of ketones is 1. The zero-order chi connectivity index (χ0) is 24.1. The molecule has 1 heterocycles. The number of carboxylic acids is 1. The highest BCUT2D eigenvalue weighted by atomic mass is 35.5. The van der Waals surface area contributed by atoms with Crippen LogP contribution in [0.25, 0.3) is 0 Å². The molecule has 3 N–H and O–H groups in total. The highest BCUT2D eigenvalue weighted by Gasteiger charge is 2.33. The second-order valence-corrected chi connectivity index (χ2v) is 8.70. The van der Waals surface area contributed by atoms with Gasteiger partial charge in [0.15, 0.2) is 5.78 Å². The minimum atomic E-state index is -1.05. The number of Topliss-reactive ketones (excluding diaryl/α,β-unsaturated/α-hetero) is 1. The van der Waals surface area contributed by atoms with Crippen molar-refractivity contribution in [3.8, 4) is 6.07 Å². The Morgan fingerprint density at radius 2 is 1.79 bits per heavy atom. The van der Waals surface area contributed by atoms with Crippen LogP contribution in [0.1, 0.15) is 35.7 Å². The minimum Gasteiger partial charge on any atom is -0.478 e. The number of halogens is 1. The van der Waals surface area contributed by atoms with Crippen molar-refractivity contribution in [3.05, 3.63) is 86.6 Å². The Kier molecular flexibility index (Phi) is 7.59. The summed E-state index contributed by atoms with van der Waals surface area (Å²) in [5.41, 5.74) is 2.79. The molecule has 1 amide bonds. The number of allylic oxidation sites excluding steroid dienone is 3. The van der Waals surface area contributed by atoms with E-state index in [0.717, 1.165) is 17.3 Å². The number of nitrogens with zero attached hydrogens (tertiary/aromatic N) is 1. The lowest BCUT2D eigenvalue weighted by molar-refractivity contribution is -0.114. The summed E-state index contributed by atoms with van der Waals surface area (Å²) in [6.07, 6.45) is 0. The SMILES string of the molecule is CC(=O)C1=C(C)NC(SCC(=O)Nc2ccc(C(=O)O)cc2)=C(C#N)[C@H]1c1ccc(Cl)cc1. The van der Waals surface area contributed by atoms with Crippen molar-refractivity contribution in [2.75, 3.05) is 11.1 Å². The Labute approximate surface area is 200 Å². The standard InChI is InChI=1S/C24H20ClN3O4S/c1-13-21(14(2)29)22(15-3-7-17(25)8-4-15)19(11-26)23(27-13)33-12-20(30)28-18-9-5-16(6-10-18)24(31)32/h3-10,22,27H,12H2,1-2H3,(H,28,30)(H,31,32)/t22-/m1/s1. The first kappa shape index (κ1) is 24.1. The molecule has 33 heavy (non-hydrogen) atoms. The third-order valence-electron chi connectivity index (χ3n) is 4.99. The molecule has 0 saturated heterocycles. The fraction of sp³-hybridized carbons (Fsp3) is 0.167. The summed E-state index contributed by atoms with van der Waals surface area (Å²) in [6.45, 7) is 3.22. The molecule has 0 fully saturated rings. The fourth-order valence-corrected chi connectivity index (χ4v) is 4.53. The van der Waals surface area contributed by atoms with Crippen molar-refractivity contribution >= 4 is 46.7 Å². The van der Waals surface area contributed by atoms with Gasteiger partial charge >= 0.3 is 5.97 Å². The van der Waals surface area contributed by atoms with Crippen molar-refractivity contribution in [2.24, 2.45) is 0 Å². The number of aromatic carboxylic acids is 1. The average molecular weight is 482 g/mol. The van der Waals surface area contributed by atoms with Gasteiger partial charge in [0.05, 0.1) is 33.9 Å². The maximum Gasteiger partial charge on any atom is 0.335 e. The Balaban J connectivity index is 1.82. The fourth-order valence-electron chi connectivity index (χ4n) is 3.51. The second-order valence-electron chi connectivity index (χ2n) is 7.28. The lowest BCUT2D eigenvalue weighted by atomic mass is 9.81. The van der Waals surface area contributed by atoms with E-state index in [4.69, 9.17) is 16.7 Å². The summed E-state index contributed by atoms with van der Waals surface area (Å²) in [4.78, 5) is 35.8. The summed E-state index contributed by atoms with van der Waals surface area (Å²) in [7, 11) is 0. The van der Waals surface area contributed by atoms with Gasteiger partial charge < -0.3 is 15.7 Å². The van der Waals surface area contributed by atoms with Gasteiger partial charge in [-0.25, -0.2) is 4.79 Å². The van der Waals surface area contributed by atoms with Crippen LogP contribution in [-0.4, -0.2) is 28.5 Å². The lowest BCUT2D eigenvalue weighted by Crippen LogP contribution is -2.27. The molecule has 2 aromatic rings. The van der Waals surface area contributed by atoms with E-state index in [1.165, 1.54) is 31.2 Å². The number of anilines is 1. The molecule has 2 aromatic carbocycles. The van der Waals surface area contributed by atoms with Crippen molar-refractivity contribution in [1.82, 2.24) is 5.32 Å². The van der Waals surface area contributed by atoms with Crippen LogP contribution in [0.3, 0.4) is 0 Å². The van der Waals surface area contributed by atoms with Crippen LogP contribution in [0.2, 0.25) is 5.02 Å². The Morgan fingerprint density at radius 1 is 1.15 bits per heavy atom. The number of dihydropyridines is 1. The van der Waals surface area contributed by atoms with Gasteiger partial charge in [-0.2, -0.15) is 5.26 Å². The molecule has 7 nitrogen and oxygen atoms in total. The van der Waals surface area contributed by atoms with Crippen molar-refractivity contribution in [1.29, 1.82) is 5.26 Å². The molecule has 0 spiro atoms. The van der Waals surface area contributed by atoms with Gasteiger partial charge in [0.25, 0.3) is 0 Å². The molecule has 1 aliphatic rings. The minimum absolute atomic E-state index is 0.00418. The van der Waals surface area contributed by atoms with Crippen LogP contribution in [0.15, 0.2) is 70.4 Å². The molecule has 0 unspecified atom stereocenters. The van der Waals surface area contributed by atoms with E-state index in [-0.39, 0.29) is 23.0 Å². The first-order valence-electron chi connectivity index (χ1n) is 9.85. The number of carbonyl (C=O) groups excluding carboxylic acids is 2. The van der Waals surface area contributed by atoms with Crippen molar-refractivity contribution in [3.63, 3.8) is 0 Å². The first-order chi connectivity index (χ1) is 15.7. The molecule has 0 bridgehead atoms. The second kappa shape index (κ2) is 10.4. The van der Waals surface area contributed by atoms with E-state index < -0.39 is 11.9 Å². The third kappa shape index (κ3) is 5.64. The van der Waals surface area contributed by atoms with Gasteiger partial charge in [0.1, 0.15) is 0 Å². The number of hydrogen-bond donors (Lipinski definition) is 3. The summed E-state index contributed by atoms with van der Waals surface area (Å²) in [5, 5.41) is 25.7. The number of benzene rings is 2. The van der Waals surface area contributed by atoms with Gasteiger partial charge in [0.2, 0.25) is 5.91 Å². The monoisotopic (exact) mass is 481 g/mol. The van der Waals surface area contributed by atoms with Crippen LogP contribution < -0.4 is 10.6 Å². The van der Waals surface area contributed by atoms with Gasteiger partial charge in [-0.3, -0.25) is 9.59 Å². The van der Waals surface area contributed by atoms with Crippen LogP contribution in [-0.2, 0) is 9.59 Å². The maximum absolute atomic E-state index is 12.4. The van der Waals surface area contributed by atoms with E-state index in [1.807, 2.05) is 0 Å². The van der Waals surface area contributed by atoms with E-state index in [1.54, 1.807) is 31.2 Å². The summed E-state index contributed by atoms with van der Waals surface area (Å²) in [5.74, 6) is -2.09. The quantitative estimate of drug-likeness (QED) is 0.524. The Bertz CT molecular complexity index is 1210. The zero-order valence-electron chi connectivity index (χ0n) is 17.8. The normalized spacial score (nSPS) is 15.5. The molecule has 1 aliphatic heterocycles. The molecule has 0 aromatic heterocycles. The summed E-state index contributed by atoms with van der Waals surface area (Å²) < 4.78 is 0. The molecule has 0 radical (unpaired) electrons. The van der Waals surface area contributed by atoms with Crippen LogP contribution in [0.5, 0.6) is 0 Å². The molecule has 0 saturated carbocycles. The number of thioether (sulfide) groups is 1. The maximum atomic E-state index is 12.4. The number of nitriles is 1. The summed E-state index contributed by atoms with van der Waals surface area (Å²) in [6, 6.07) is 15.0. The third-order valence-corrected chi connectivity index (χ3v) is 6.26. The zero-order valence-corrected chi connectivity index (χ0v) is 19.4. The molecule has 3 rings (SSSR count). The molecule has 168 valence electrons. The van der Waals surface area contributed by atoms with Gasteiger partial charge in [-0.15, -0.1) is 0 Å². The highest BCUT2D eigenvalue weighted by Crippen LogP contribution is 2.41. The first-order valence-corrected chi connectivity index (χ1v) is 11.2. The Morgan fingerprint density at radius 3 is 2.33 bits per heavy atom. The number of rotatable bonds is 7. The van der Waals surface area contributed by atoms with E-state index in [9.17, 15) is 19.6 Å². The number of hydrogen-bond acceptors (Lipinski definition) is 6. The summed E-state index contributed by atoms with van der Waals surface area (Å²) >= 11 is 7.16. The molecular formula is C24H20ClN3O4S. The van der Waals surface area contributed by atoms with Gasteiger partial charge in [-0.05, 0) is 55.8 Å². The molecule has 1 atom stereocenters. The van der Waals surface area contributed by atoms with Crippen molar-refractivity contribution in [2.45, 2.75) is 19.8 Å². The molecular weight excluding hydrogens is 462 g/mol. The van der Waals surface area contributed by atoms with Crippen molar-refractivity contribution < 1.29 is 19.5 Å². The average Bonchev–Trinajstić information content (AvgIpc) is 2.77. The van der Waals surface area contributed by atoms with E-state index in [0.29, 0.717) is 32.6 Å². The lowest BCUT2D eigenvalue weighted by Gasteiger charge is -2.29. The number of carboxylic acid groups (broad SMARTS) is 1. The Hall–Kier alpha value is -3.54. The van der Waals surface area contributed by atoms with E-state index >= 15 is 0 Å². The number of carbonyl (C=O) groups is 3. The number of nitrogens with one attached hydrogen (secondary N) is 2.